The predicted molar refractivity (Wildman–Crippen MR) is 58.8 cm³/mol. The normalized spacial score (nSPS) is 10.6. The Labute approximate surface area is 80.0 Å². The van der Waals surface area contributed by atoms with Crippen molar-refractivity contribution in [3.63, 3.8) is 0 Å². The molecule has 0 N–H and O–H groups in total. The molecule has 0 aromatic heterocycles. The summed E-state index contributed by atoms with van der Waals surface area (Å²) in [5, 5.41) is 2.56. The molecule has 2 rings (SSSR count). The lowest BCUT2D eigenvalue weighted by Crippen LogP contribution is -2.00. The molecule has 2 radical (unpaired) electrons. The molecule has 0 spiro atoms. The summed E-state index contributed by atoms with van der Waals surface area (Å²) in [5.41, 5.74) is 3.43. The zero-order valence-electron chi connectivity index (χ0n) is 7.96. The van der Waals surface area contributed by atoms with Crippen molar-refractivity contribution in [2.24, 2.45) is 0 Å². The molecular formula is C12H11B. The topological polar surface area (TPSA) is 0 Å². The maximum absolute atomic E-state index is 5.74. The van der Waals surface area contributed by atoms with Crippen LogP contribution in [0.15, 0.2) is 30.3 Å². The molecule has 0 bridgehead atoms. The van der Waals surface area contributed by atoms with Crippen LogP contribution in [0.2, 0.25) is 0 Å². The Bertz CT molecular complexity index is 458. The summed E-state index contributed by atoms with van der Waals surface area (Å²) in [7, 11) is 5.74. The molecule has 0 amide bonds. The standard InChI is InChI=1S/C12H11B/c1-8-3-4-9(2)12-7-10(13)5-6-11(8)12/h3-7H,1-2H3. The first-order chi connectivity index (χ1) is 6.18. The van der Waals surface area contributed by atoms with E-state index in [1.54, 1.807) is 0 Å². The quantitative estimate of drug-likeness (QED) is 0.526. The molecule has 0 aliphatic carbocycles. The summed E-state index contributed by atoms with van der Waals surface area (Å²) >= 11 is 0. The van der Waals surface area contributed by atoms with Crippen LogP contribution in [0.5, 0.6) is 0 Å². The average molecular weight is 166 g/mol. The largest absolute Gasteiger partial charge is 0.113 e. The minimum Gasteiger partial charge on any atom is -0.0960 e. The fraction of sp³-hybridized carbons (Fsp3) is 0.167. The minimum absolute atomic E-state index is 0.834. The van der Waals surface area contributed by atoms with Crippen LogP contribution in [-0.4, -0.2) is 7.85 Å². The van der Waals surface area contributed by atoms with Crippen molar-refractivity contribution in [3.8, 4) is 0 Å². The molecular weight excluding hydrogens is 155 g/mol. The van der Waals surface area contributed by atoms with E-state index in [9.17, 15) is 0 Å². The van der Waals surface area contributed by atoms with E-state index in [1.807, 2.05) is 12.1 Å². The van der Waals surface area contributed by atoms with Gasteiger partial charge in [-0.25, -0.2) is 0 Å². The molecule has 0 heterocycles. The number of fused-ring (bicyclic) bond motifs is 1. The third kappa shape index (κ3) is 1.35. The molecule has 1 heteroatoms. The Morgan fingerprint density at radius 3 is 2.15 bits per heavy atom. The SMILES string of the molecule is [B]c1ccc2c(C)ccc(C)c2c1. The van der Waals surface area contributed by atoms with Crippen molar-refractivity contribution in [2.75, 3.05) is 0 Å². The predicted octanol–water partition coefficient (Wildman–Crippen LogP) is 2.25. The van der Waals surface area contributed by atoms with E-state index in [4.69, 9.17) is 7.85 Å². The molecule has 0 unspecified atom stereocenters. The third-order valence-electron chi connectivity index (χ3n) is 2.48. The number of benzene rings is 2. The Morgan fingerprint density at radius 1 is 0.846 bits per heavy atom. The maximum Gasteiger partial charge on any atom is 0.113 e. The molecule has 0 aliphatic heterocycles. The first kappa shape index (κ1) is 8.37. The van der Waals surface area contributed by atoms with Crippen molar-refractivity contribution in [2.45, 2.75) is 13.8 Å². The first-order valence-corrected chi connectivity index (χ1v) is 4.44. The second-order valence-corrected chi connectivity index (χ2v) is 3.50. The Balaban J connectivity index is 2.92. The van der Waals surface area contributed by atoms with Gasteiger partial charge in [0, 0.05) is 0 Å². The van der Waals surface area contributed by atoms with Gasteiger partial charge in [-0.3, -0.25) is 0 Å². The molecule has 0 atom stereocenters. The number of hydrogen-bond acceptors (Lipinski definition) is 0. The summed E-state index contributed by atoms with van der Waals surface area (Å²) in [6.45, 7) is 4.24. The molecule has 0 nitrogen and oxygen atoms in total. The summed E-state index contributed by atoms with van der Waals surface area (Å²) in [6, 6.07) is 10.4. The van der Waals surface area contributed by atoms with Crippen LogP contribution in [0.4, 0.5) is 0 Å². The lowest BCUT2D eigenvalue weighted by atomic mass is 9.91. The van der Waals surface area contributed by atoms with Gasteiger partial charge in [0.2, 0.25) is 0 Å². The van der Waals surface area contributed by atoms with Crippen LogP contribution >= 0.6 is 0 Å². The van der Waals surface area contributed by atoms with Gasteiger partial charge in [0.15, 0.2) is 0 Å². The van der Waals surface area contributed by atoms with Gasteiger partial charge in [-0.2, -0.15) is 0 Å². The Morgan fingerprint density at radius 2 is 1.46 bits per heavy atom. The lowest BCUT2D eigenvalue weighted by molar-refractivity contribution is 1.46. The summed E-state index contributed by atoms with van der Waals surface area (Å²) in [6.07, 6.45) is 0. The van der Waals surface area contributed by atoms with Crippen LogP contribution in [-0.2, 0) is 0 Å². The van der Waals surface area contributed by atoms with Crippen molar-refractivity contribution >= 4 is 24.1 Å². The molecule has 0 saturated heterocycles. The second-order valence-electron chi connectivity index (χ2n) is 3.50. The first-order valence-electron chi connectivity index (χ1n) is 4.44. The van der Waals surface area contributed by atoms with E-state index in [0.29, 0.717) is 0 Å². The zero-order valence-corrected chi connectivity index (χ0v) is 7.96. The van der Waals surface area contributed by atoms with Crippen molar-refractivity contribution in [1.29, 1.82) is 0 Å². The molecule has 2 aromatic carbocycles. The van der Waals surface area contributed by atoms with Crippen molar-refractivity contribution in [3.05, 3.63) is 41.5 Å². The van der Waals surface area contributed by atoms with Crippen molar-refractivity contribution in [1.82, 2.24) is 0 Å². The molecule has 0 fully saturated rings. The van der Waals surface area contributed by atoms with Crippen LogP contribution in [0, 0.1) is 13.8 Å². The van der Waals surface area contributed by atoms with Gasteiger partial charge in [0.1, 0.15) is 7.85 Å². The average Bonchev–Trinajstić information content (AvgIpc) is 2.12. The van der Waals surface area contributed by atoms with E-state index in [-0.39, 0.29) is 0 Å². The van der Waals surface area contributed by atoms with Gasteiger partial charge in [0.25, 0.3) is 0 Å². The van der Waals surface area contributed by atoms with Gasteiger partial charge < -0.3 is 0 Å². The number of rotatable bonds is 0. The van der Waals surface area contributed by atoms with Gasteiger partial charge >= 0.3 is 0 Å². The van der Waals surface area contributed by atoms with E-state index < -0.39 is 0 Å². The third-order valence-corrected chi connectivity index (χ3v) is 2.48. The highest BCUT2D eigenvalue weighted by atomic mass is 14.0. The van der Waals surface area contributed by atoms with Crippen LogP contribution in [0.25, 0.3) is 10.8 Å². The van der Waals surface area contributed by atoms with Gasteiger partial charge in [-0.05, 0) is 35.7 Å². The molecule has 0 saturated carbocycles. The Kier molecular flexibility index (Phi) is 1.88. The highest BCUT2D eigenvalue weighted by Gasteiger charge is 1.99. The van der Waals surface area contributed by atoms with Crippen LogP contribution in [0.1, 0.15) is 11.1 Å². The van der Waals surface area contributed by atoms with E-state index >= 15 is 0 Å². The highest BCUT2D eigenvalue weighted by molar-refractivity contribution is 6.33. The minimum atomic E-state index is 0.834. The zero-order chi connectivity index (χ0) is 9.42. The highest BCUT2D eigenvalue weighted by Crippen LogP contribution is 2.20. The Hall–Kier alpha value is -1.24. The molecule has 2 aromatic rings. The summed E-state index contributed by atoms with van der Waals surface area (Å²) in [5.74, 6) is 0. The smallest absolute Gasteiger partial charge is 0.0960 e. The fourth-order valence-electron chi connectivity index (χ4n) is 1.66. The lowest BCUT2D eigenvalue weighted by Gasteiger charge is -2.06. The van der Waals surface area contributed by atoms with E-state index in [1.165, 1.54) is 21.9 Å². The van der Waals surface area contributed by atoms with Crippen LogP contribution in [0.3, 0.4) is 0 Å². The number of aryl methyl sites for hydroxylation is 2. The monoisotopic (exact) mass is 166 g/mol. The van der Waals surface area contributed by atoms with Gasteiger partial charge in [-0.1, -0.05) is 35.8 Å². The molecule has 62 valence electrons. The van der Waals surface area contributed by atoms with E-state index in [2.05, 4.69) is 32.0 Å². The summed E-state index contributed by atoms with van der Waals surface area (Å²) < 4.78 is 0. The second kappa shape index (κ2) is 2.92. The molecule has 0 aliphatic rings. The van der Waals surface area contributed by atoms with Gasteiger partial charge in [0.05, 0.1) is 0 Å². The molecule has 13 heavy (non-hydrogen) atoms. The van der Waals surface area contributed by atoms with Gasteiger partial charge in [-0.15, -0.1) is 0 Å². The summed E-state index contributed by atoms with van der Waals surface area (Å²) in [4.78, 5) is 0. The van der Waals surface area contributed by atoms with Crippen LogP contribution < -0.4 is 5.46 Å². The van der Waals surface area contributed by atoms with Crippen molar-refractivity contribution < 1.29 is 0 Å². The fourth-order valence-corrected chi connectivity index (χ4v) is 1.66. The maximum atomic E-state index is 5.74. The van der Waals surface area contributed by atoms with E-state index in [0.717, 1.165) is 5.46 Å². The number of hydrogen-bond donors (Lipinski definition) is 0.